The molecule has 0 radical (unpaired) electrons. The molecule has 518 valence electrons. The molecule has 4 N–H and O–H groups in total. The number of benzene rings is 4. The number of nitrogen functional groups attached to an aromatic ring is 2. The first-order valence-corrected chi connectivity index (χ1v) is 32.6. The van der Waals surface area contributed by atoms with E-state index in [0.717, 1.165) is 0 Å². The molecule has 0 amide bonds. The lowest BCUT2D eigenvalue weighted by Gasteiger charge is -2.30. The lowest BCUT2D eigenvalue weighted by atomic mass is 10.1. The van der Waals surface area contributed by atoms with Crippen LogP contribution in [0.3, 0.4) is 0 Å². The van der Waals surface area contributed by atoms with Crippen molar-refractivity contribution >= 4 is 112 Å². The summed E-state index contributed by atoms with van der Waals surface area (Å²) in [4.78, 5) is 91.5. The Balaban J connectivity index is 0.000000684. The number of nitrogens with zero attached hydrogens (tertiary/aromatic N) is 2. The second-order valence-corrected chi connectivity index (χ2v) is 30.1. The molecular weight excluding hydrogens is 1400 g/mol. The third kappa shape index (κ3) is 34.7. The number of carbonyl (C=O) groups excluding carboxylic acids is 7. The monoisotopic (exact) mass is 1490 g/mol. The first-order chi connectivity index (χ1) is 42.4. The first kappa shape index (κ1) is 82.1. The first-order valence-electron chi connectivity index (χ1n) is 29.9. The molecule has 4 aromatic carbocycles. The van der Waals surface area contributed by atoms with Crippen LogP contribution in [0.4, 0.5) is 22.7 Å². The minimum atomic E-state index is -0.821. The standard InChI is InChI=1S/C43H63BrN2O12.C19H23BrN2O4.C6H11BrO2/c1-39(2,3)54-34(47)24-45(25-35(48)55-40(4,5)6)30-18-16-17-19-32(30)52-20-21-53-33-23-29(44)28(38(51)58-43(13,14)15)22-31(33)46(26-36(49)56-41(7,8)9)27-37(50)57-42(10,11)12;1-19(2,3)26-18(23)12-10-15(22)17(11-13(12)20)25-9-8-24-16-7-5-4-6-14(16)21;1-6(2,3)9-5(8)4-7/h16-19,22-23H,20-21,24-27H2,1-15H3;4-7,10-11H,8-9,21-22H2,1-3H3;4H2,1-3H3. The van der Waals surface area contributed by atoms with Crippen molar-refractivity contribution < 1.29 is 85.7 Å². The Kier molecular flexibility index (Phi) is 31.3. The van der Waals surface area contributed by atoms with Crippen LogP contribution in [0.15, 0.2) is 81.7 Å². The van der Waals surface area contributed by atoms with Gasteiger partial charge in [-0.25, -0.2) is 9.59 Å². The van der Waals surface area contributed by atoms with E-state index in [0.29, 0.717) is 55.4 Å². The smallest absolute Gasteiger partial charge is 0.339 e. The highest BCUT2D eigenvalue weighted by atomic mass is 79.9. The van der Waals surface area contributed by atoms with Crippen LogP contribution >= 0.6 is 47.8 Å². The van der Waals surface area contributed by atoms with Gasteiger partial charge in [0.2, 0.25) is 0 Å². The Morgan fingerprint density at radius 2 is 0.656 bits per heavy atom. The van der Waals surface area contributed by atoms with Crippen molar-refractivity contribution in [2.24, 2.45) is 0 Å². The lowest BCUT2D eigenvalue weighted by Crippen LogP contribution is -2.40. The van der Waals surface area contributed by atoms with Gasteiger partial charge in [-0.3, -0.25) is 24.0 Å². The van der Waals surface area contributed by atoms with Gasteiger partial charge in [0.1, 0.15) is 120 Å². The number of hydrogen-bond donors (Lipinski definition) is 2. The molecule has 4 rings (SSSR count). The molecule has 0 aromatic heterocycles. The molecule has 0 aliphatic rings. The van der Waals surface area contributed by atoms with Crippen molar-refractivity contribution in [1.82, 2.24) is 0 Å². The molecule has 25 heteroatoms. The predicted octanol–water partition coefficient (Wildman–Crippen LogP) is 13.6. The normalized spacial score (nSPS) is 11.8. The van der Waals surface area contributed by atoms with Crippen LogP contribution in [0, 0.1) is 0 Å². The summed E-state index contributed by atoms with van der Waals surface area (Å²) in [5.41, 5.74) is 8.92. The highest BCUT2D eigenvalue weighted by molar-refractivity contribution is 9.11. The SMILES string of the molecule is CC(C)(C)OC(=O)CBr.CC(C)(C)OC(=O)CN(CC(=O)OC(C)(C)C)c1ccccc1OCCOc1cc(Br)c(C(=O)OC(C)(C)C)cc1N(CC(=O)OC(C)(C)C)CC(=O)OC(C)(C)C.CC(C)(C)OC(=O)c1cc(N)c(OCCOc2ccccc2N)cc1Br. The van der Waals surface area contributed by atoms with Gasteiger partial charge in [-0.1, -0.05) is 40.2 Å². The molecule has 0 saturated heterocycles. The number of halogens is 3. The second kappa shape index (κ2) is 35.5. The third-order valence-corrected chi connectivity index (χ3v) is 12.3. The van der Waals surface area contributed by atoms with Crippen LogP contribution in [0.1, 0.15) is 166 Å². The fraction of sp³-hybridized carbons (Fsp3) is 0.544. The molecule has 22 nitrogen and oxygen atoms in total. The summed E-state index contributed by atoms with van der Waals surface area (Å²) in [6, 6.07) is 20.3. The van der Waals surface area contributed by atoms with E-state index < -0.39 is 82.5 Å². The topological polar surface area (TPSA) is 280 Å². The highest BCUT2D eigenvalue weighted by Gasteiger charge is 2.31. The van der Waals surface area contributed by atoms with Gasteiger partial charge >= 0.3 is 41.8 Å². The zero-order chi connectivity index (χ0) is 71.3. The van der Waals surface area contributed by atoms with Crippen molar-refractivity contribution in [2.45, 2.75) is 185 Å². The van der Waals surface area contributed by atoms with Gasteiger partial charge in [0.05, 0.1) is 33.9 Å². The van der Waals surface area contributed by atoms with Crippen molar-refractivity contribution in [1.29, 1.82) is 0 Å². The van der Waals surface area contributed by atoms with E-state index in [-0.39, 0.29) is 66.8 Å². The van der Waals surface area contributed by atoms with E-state index in [1.54, 1.807) is 173 Å². The summed E-state index contributed by atoms with van der Waals surface area (Å²) >= 11 is 9.82. The molecule has 0 atom stereocenters. The number of esters is 7. The van der Waals surface area contributed by atoms with Crippen LogP contribution in [0.25, 0.3) is 0 Å². The van der Waals surface area contributed by atoms with Crippen molar-refractivity contribution in [3.05, 3.63) is 92.9 Å². The number of ether oxygens (including phenoxy) is 11. The summed E-state index contributed by atoms with van der Waals surface area (Å²) in [6.45, 7) is 36.2. The number of nitrogens with two attached hydrogens (primary N) is 2. The van der Waals surface area contributed by atoms with Gasteiger partial charge in [0.25, 0.3) is 0 Å². The third-order valence-electron chi connectivity index (χ3n) is 10.5. The molecule has 0 unspecified atom stereocenters. The Bertz CT molecular complexity index is 3100. The van der Waals surface area contributed by atoms with Gasteiger partial charge in [0, 0.05) is 8.95 Å². The number of anilines is 4. The highest BCUT2D eigenvalue weighted by Crippen LogP contribution is 2.37. The number of alkyl halides is 1. The van der Waals surface area contributed by atoms with Gasteiger partial charge < -0.3 is 73.4 Å². The minimum Gasteiger partial charge on any atom is -0.488 e. The van der Waals surface area contributed by atoms with Crippen molar-refractivity contribution in [3.63, 3.8) is 0 Å². The van der Waals surface area contributed by atoms with Gasteiger partial charge in [-0.15, -0.1) is 0 Å². The van der Waals surface area contributed by atoms with E-state index in [1.165, 1.54) is 21.9 Å². The van der Waals surface area contributed by atoms with E-state index in [9.17, 15) is 33.6 Å². The van der Waals surface area contributed by atoms with Crippen LogP contribution in [0.5, 0.6) is 23.0 Å². The fourth-order valence-corrected chi connectivity index (χ4v) is 8.66. The summed E-state index contributed by atoms with van der Waals surface area (Å²) < 4.78 is 62.7. The number of rotatable bonds is 23. The van der Waals surface area contributed by atoms with E-state index in [2.05, 4.69) is 47.8 Å². The summed E-state index contributed by atoms with van der Waals surface area (Å²) in [5, 5.41) is 0.268. The predicted molar refractivity (Wildman–Crippen MR) is 370 cm³/mol. The largest absolute Gasteiger partial charge is 0.488 e. The quantitative estimate of drug-likeness (QED) is 0.0229. The van der Waals surface area contributed by atoms with E-state index in [1.807, 2.05) is 32.9 Å². The Morgan fingerprint density at radius 3 is 1.02 bits per heavy atom. The molecule has 0 bridgehead atoms. The fourth-order valence-electron chi connectivity index (χ4n) is 7.58. The minimum absolute atomic E-state index is 0.0350. The maximum absolute atomic E-state index is 13.4. The number of hydrogen-bond acceptors (Lipinski definition) is 22. The molecule has 0 fully saturated rings. The number of para-hydroxylation sites is 4. The molecular formula is C68H97Br3N4O18. The summed E-state index contributed by atoms with van der Waals surface area (Å²) in [6.07, 6.45) is 0. The second-order valence-electron chi connectivity index (χ2n) is 27.9. The van der Waals surface area contributed by atoms with Crippen LogP contribution in [-0.2, 0) is 57.1 Å². The lowest BCUT2D eigenvalue weighted by molar-refractivity contribution is -0.156. The average Bonchev–Trinajstić information content (AvgIpc) is 0.819. The van der Waals surface area contributed by atoms with Gasteiger partial charge in [-0.05, 0) is 226 Å². The zero-order valence-corrected chi connectivity index (χ0v) is 62.6. The zero-order valence-electron chi connectivity index (χ0n) is 57.8. The van der Waals surface area contributed by atoms with Crippen molar-refractivity contribution in [3.8, 4) is 23.0 Å². The molecule has 0 heterocycles. The van der Waals surface area contributed by atoms with Crippen LogP contribution < -0.4 is 40.2 Å². The molecule has 93 heavy (non-hydrogen) atoms. The van der Waals surface area contributed by atoms with Crippen LogP contribution in [-0.4, -0.2) is 139 Å². The van der Waals surface area contributed by atoms with Crippen molar-refractivity contribution in [2.75, 3.05) is 79.2 Å². The Morgan fingerprint density at radius 1 is 0.355 bits per heavy atom. The molecule has 0 aliphatic carbocycles. The van der Waals surface area contributed by atoms with Crippen LogP contribution in [0.2, 0.25) is 0 Å². The molecule has 0 spiro atoms. The maximum atomic E-state index is 13.4. The Hall–Kier alpha value is -6.99. The Labute approximate surface area is 574 Å². The van der Waals surface area contributed by atoms with Gasteiger partial charge in [0.15, 0.2) is 0 Å². The van der Waals surface area contributed by atoms with Gasteiger partial charge in [-0.2, -0.15) is 0 Å². The summed E-state index contributed by atoms with van der Waals surface area (Å²) in [7, 11) is 0. The average molecular weight is 1500 g/mol. The molecule has 0 saturated carbocycles. The number of carbonyl (C=O) groups is 7. The van der Waals surface area contributed by atoms with E-state index in [4.69, 9.17) is 63.6 Å². The van der Waals surface area contributed by atoms with E-state index >= 15 is 0 Å². The molecule has 4 aromatic rings. The molecule has 0 aliphatic heterocycles. The summed E-state index contributed by atoms with van der Waals surface area (Å²) in [5.74, 6) is -2.10. The maximum Gasteiger partial charge on any atom is 0.339 e.